The number of hydrogen-bond acceptors (Lipinski definition) is 4. The molecular weight excluding hydrogens is 320 g/mol. The number of carbonyl (C=O) groups is 3. The van der Waals surface area contributed by atoms with Crippen LogP contribution in [0.5, 0.6) is 0 Å². The number of likely N-dealkylation sites (N-methyl/N-ethyl adjacent to an activating group) is 1. The van der Waals surface area contributed by atoms with Gasteiger partial charge in [0.2, 0.25) is 11.8 Å². The van der Waals surface area contributed by atoms with Gasteiger partial charge < -0.3 is 14.5 Å². The van der Waals surface area contributed by atoms with E-state index < -0.39 is 11.5 Å². The van der Waals surface area contributed by atoms with Gasteiger partial charge in [-0.2, -0.15) is 0 Å². The molecule has 0 spiro atoms. The number of methoxy groups -OCH3 is 1. The highest BCUT2D eigenvalue weighted by Crippen LogP contribution is 2.22. The summed E-state index contributed by atoms with van der Waals surface area (Å²) in [6, 6.07) is 7.46. The first kappa shape index (κ1) is 18.7. The van der Waals surface area contributed by atoms with Crippen molar-refractivity contribution in [2.75, 3.05) is 25.6 Å². The summed E-state index contributed by atoms with van der Waals surface area (Å²) in [5, 5.41) is 0. The lowest BCUT2D eigenvalue weighted by Crippen LogP contribution is -2.50. The highest BCUT2D eigenvalue weighted by atomic mass is 16.5. The van der Waals surface area contributed by atoms with Crippen LogP contribution < -0.4 is 4.90 Å². The van der Waals surface area contributed by atoms with Gasteiger partial charge in [0.15, 0.2) is 0 Å². The van der Waals surface area contributed by atoms with Crippen LogP contribution in [0.1, 0.15) is 32.3 Å². The summed E-state index contributed by atoms with van der Waals surface area (Å²) < 4.78 is 4.73. The number of ether oxygens (including phenoxy) is 1. The van der Waals surface area contributed by atoms with Gasteiger partial charge in [0.05, 0.1) is 7.11 Å². The van der Waals surface area contributed by atoms with E-state index in [0.717, 1.165) is 24.2 Å². The van der Waals surface area contributed by atoms with Gasteiger partial charge in [-0.05, 0) is 44.0 Å². The van der Waals surface area contributed by atoms with Crippen molar-refractivity contribution in [2.45, 2.75) is 32.2 Å². The Balaban J connectivity index is 2.05. The normalized spacial score (nSPS) is 14.9. The van der Waals surface area contributed by atoms with Crippen molar-refractivity contribution >= 4 is 29.5 Å². The van der Waals surface area contributed by atoms with Gasteiger partial charge in [-0.3, -0.25) is 9.59 Å². The molecule has 0 aliphatic carbocycles. The van der Waals surface area contributed by atoms with Gasteiger partial charge in [-0.25, -0.2) is 4.79 Å². The molecule has 1 aliphatic rings. The zero-order valence-electron chi connectivity index (χ0n) is 15.1. The molecule has 1 aromatic carbocycles. The second-order valence-electron chi connectivity index (χ2n) is 6.52. The summed E-state index contributed by atoms with van der Waals surface area (Å²) in [6.07, 6.45) is 4.58. The van der Waals surface area contributed by atoms with Crippen LogP contribution in [0, 0.1) is 0 Å². The third-order valence-corrected chi connectivity index (χ3v) is 4.55. The lowest BCUT2D eigenvalue weighted by molar-refractivity contribution is -0.156. The first-order chi connectivity index (χ1) is 11.8. The Morgan fingerprint density at radius 3 is 2.40 bits per heavy atom. The van der Waals surface area contributed by atoms with Crippen molar-refractivity contribution in [3.8, 4) is 0 Å². The van der Waals surface area contributed by atoms with Gasteiger partial charge in [-0.15, -0.1) is 0 Å². The van der Waals surface area contributed by atoms with Gasteiger partial charge in [0.1, 0.15) is 5.54 Å². The zero-order chi connectivity index (χ0) is 18.6. The van der Waals surface area contributed by atoms with Crippen LogP contribution in [0.15, 0.2) is 30.3 Å². The maximum atomic E-state index is 12.3. The summed E-state index contributed by atoms with van der Waals surface area (Å²) in [5.41, 5.74) is 0.666. The van der Waals surface area contributed by atoms with E-state index in [1.165, 1.54) is 18.1 Å². The van der Waals surface area contributed by atoms with Gasteiger partial charge in [-0.1, -0.05) is 12.1 Å². The fraction of sp³-hybridized carbons (Fsp3) is 0.421. The number of amides is 2. The third kappa shape index (κ3) is 4.07. The third-order valence-electron chi connectivity index (χ3n) is 4.55. The fourth-order valence-corrected chi connectivity index (χ4v) is 2.63. The van der Waals surface area contributed by atoms with E-state index in [4.69, 9.17) is 4.74 Å². The van der Waals surface area contributed by atoms with Crippen LogP contribution in [-0.4, -0.2) is 48.9 Å². The first-order valence-electron chi connectivity index (χ1n) is 8.22. The molecule has 0 aromatic heterocycles. The fourth-order valence-electron chi connectivity index (χ4n) is 2.63. The van der Waals surface area contributed by atoms with Crippen molar-refractivity contribution in [3.63, 3.8) is 0 Å². The van der Waals surface area contributed by atoms with Crippen molar-refractivity contribution in [2.24, 2.45) is 0 Å². The molecule has 1 aliphatic heterocycles. The molecule has 0 bridgehead atoms. The maximum absolute atomic E-state index is 12.3. The molecule has 2 rings (SSSR count). The number of hydrogen-bond donors (Lipinski definition) is 0. The molecule has 2 amide bonds. The SMILES string of the molecule is COC(=O)C(C)(C)N(C)C(=O)C=Cc1ccc(N2CCCC2=O)cc1. The summed E-state index contributed by atoms with van der Waals surface area (Å²) in [7, 11) is 2.86. The number of nitrogens with zero attached hydrogens (tertiary/aromatic N) is 2. The zero-order valence-corrected chi connectivity index (χ0v) is 15.1. The molecule has 1 fully saturated rings. The lowest BCUT2D eigenvalue weighted by Gasteiger charge is -2.31. The Morgan fingerprint density at radius 2 is 1.88 bits per heavy atom. The Hall–Kier alpha value is -2.63. The van der Waals surface area contributed by atoms with E-state index >= 15 is 0 Å². The highest BCUT2D eigenvalue weighted by molar-refractivity contribution is 5.96. The molecule has 1 heterocycles. The topological polar surface area (TPSA) is 66.9 Å². The van der Waals surface area contributed by atoms with Crippen molar-refractivity contribution in [1.82, 2.24) is 4.90 Å². The molecule has 0 radical (unpaired) electrons. The monoisotopic (exact) mass is 344 g/mol. The molecule has 0 saturated carbocycles. The largest absolute Gasteiger partial charge is 0.467 e. The van der Waals surface area contributed by atoms with E-state index in [0.29, 0.717) is 6.42 Å². The smallest absolute Gasteiger partial charge is 0.331 e. The Morgan fingerprint density at radius 1 is 1.24 bits per heavy atom. The Labute approximate surface area is 148 Å². The van der Waals surface area contributed by atoms with Crippen molar-refractivity contribution < 1.29 is 19.1 Å². The molecular formula is C19H24N2O4. The number of anilines is 1. The summed E-state index contributed by atoms with van der Waals surface area (Å²) in [4.78, 5) is 38.9. The van der Waals surface area contributed by atoms with Crippen LogP contribution in [0.3, 0.4) is 0 Å². The average Bonchev–Trinajstić information content (AvgIpc) is 3.04. The number of rotatable bonds is 5. The Kier molecular flexibility index (Phi) is 5.62. The lowest BCUT2D eigenvalue weighted by atomic mass is 10.0. The number of esters is 1. The quantitative estimate of drug-likeness (QED) is 0.607. The number of benzene rings is 1. The summed E-state index contributed by atoms with van der Waals surface area (Å²) in [5.74, 6) is -0.629. The highest BCUT2D eigenvalue weighted by Gasteiger charge is 2.35. The van der Waals surface area contributed by atoms with Crippen molar-refractivity contribution in [3.05, 3.63) is 35.9 Å². The minimum atomic E-state index is -1.05. The molecule has 1 saturated heterocycles. The minimum absolute atomic E-state index is 0.144. The standard InChI is InChI=1S/C19H24N2O4/c1-19(2,18(24)25-4)20(3)16(22)12-9-14-7-10-15(11-8-14)21-13-5-6-17(21)23/h7-12H,5-6,13H2,1-4H3. The molecule has 0 unspecified atom stereocenters. The van der Waals surface area contributed by atoms with Crippen LogP contribution in [0.25, 0.3) is 6.08 Å². The van der Waals surface area contributed by atoms with Crippen LogP contribution in [-0.2, 0) is 19.1 Å². The van der Waals surface area contributed by atoms with Crippen molar-refractivity contribution in [1.29, 1.82) is 0 Å². The van der Waals surface area contributed by atoms with Gasteiger partial charge in [0.25, 0.3) is 0 Å². The predicted molar refractivity (Wildman–Crippen MR) is 95.9 cm³/mol. The summed E-state index contributed by atoms with van der Waals surface area (Å²) >= 11 is 0. The first-order valence-corrected chi connectivity index (χ1v) is 8.22. The molecule has 0 atom stereocenters. The average molecular weight is 344 g/mol. The van der Waals surface area contributed by atoms with Gasteiger partial charge in [0, 0.05) is 31.8 Å². The van der Waals surface area contributed by atoms with E-state index in [1.54, 1.807) is 31.9 Å². The molecule has 6 heteroatoms. The van der Waals surface area contributed by atoms with Crippen LogP contribution in [0.2, 0.25) is 0 Å². The number of carbonyl (C=O) groups excluding carboxylic acids is 3. The van der Waals surface area contributed by atoms with Gasteiger partial charge >= 0.3 is 5.97 Å². The second-order valence-corrected chi connectivity index (χ2v) is 6.52. The van der Waals surface area contributed by atoms with Crippen LogP contribution >= 0.6 is 0 Å². The van der Waals surface area contributed by atoms with E-state index in [2.05, 4.69) is 0 Å². The molecule has 134 valence electrons. The van der Waals surface area contributed by atoms with E-state index in [1.807, 2.05) is 24.3 Å². The summed E-state index contributed by atoms with van der Waals surface area (Å²) in [6.45, 7) is 4.01. The van der Waals surface area contributed by atoms with E-state index in [-0.39, 0.29) is 11.8 Å². The van der Waals surface area contributed by atoms with Crippen LogP contribution in [0.4, 0.5) is 5.69 Å². The van der Waals surface area contributed by atoms with E-state index in [9.17, 15) is 14.4 Å². The minimum Gasteiger partial charge on any atom is -0.467 e. The molecule has 0 N–H and O–H groups in total. The predicted octanol–water partition coefficient (Wildman–Crippen LogP) is 2.24. The molecule has 1 aromatic rings. The Bertz CT molecular complexity index is 692. The molecule has 6 nitrogen and oxygen atoms in total. The maximum Gasteiger partial charge on any atom is 0.331 e. The molecule has 25 heavy (non-hydrogen) atoms. The second kappa shape index (κ2) is 7.51.